The Morgan fingerprint density at radius 1 is 0.972 bits per heavy atom. The highest BCUT2D eigenvalue weighted by molar-refractivity contribution is 5.73. The largest absolute Gasteiger partial charge is 0.490 e. The molecule has 0 unspecified atom stereocenters. The molecule has 2 aliphatic heterocycles. The number of halogens is 6. The summed E-state index contributed by atoms with van der Waals surface area (Å²) in [6, 6.07) is 4.17. The number of anilines is 1. The topological polar surface area (TPSA) is 120 Å². The number of pyridine rings is 1. The highest BCUT2D eigenvalue weighted by Gasteiger charge is 2.48. The number of carboxylic acid groups (broad SMARTS) is 2. The molecule has 0 atom stereocenters. The Morgan fingerprint density at radius 3 is 1.94 bits per heavy atom. The van der Waals surface area contributed by atoms with Gasteiger partial charge >= 0.3 is 24.3 Å². The standard InChI is InChI=1S/C17H21N5.2C2HF3O2/c1-14-7-19-16(20-8-14)22-12-17(13-22)4-6-21(11-17)10-15-3-2-5-18-9-15;2*3-2(4,5)1(6)7/h2-3,5,7-9H,4,6,10-13H2,1H3;2*(H,6,7). The van der Waals surface area contributed by atoms with Crippen LogP contribution in [-0.4, -0.2) is 80.5 Å². The van der Waals surface area contributed by atoms with Crippen LogP contribution in [0.15, 0.2) is 36.9 Å². The number of aliphatic carboxylic acids is 2. The molecule has 15 heteroatoms. The van der Waals surface area contributed by atoms with Gasteiger partial charge in [0.15, 0.2) is 0 Å². The second kappa shape index (κ2) is 11.5. The molecular weight excluding hydrogens is 500 g/mol. The van der Waals surface area contributed by atoms with Gasteiger partial charge in [0.05, 0.1) is 0 Å². The Hall–Kier alpha value is -3.49. The van der Waals surface area contributed by atoms with Crippen LogP contribution in [0, 0.1) is 12.3 Å². The molecule has 2 aliphatic rings. The summed E-state index contributed by atoms with van der Waals surface area (Å²) in [4.78, 5) is 35.7. The molecule has 4 heterocycles. The van der Waals surface area contributed by atoms with Crippen molar-refractivity contribution in [1.82, 2.24) is 19.9 Å². The zero-order valence-corrected chi connectivity index (χ0v) is 18.9. The van der Waals surface area contributed by atoms with Crippen LogP contribution in [-0.2, 0) is 16.1 Å². The van der Waals surface area contributed by atoms with Crippen molar-refractivity contribution in [3.05, 3.63) is 48.0 Å². The molecule has 0 saturated carbocycles. The minimum absolute atomic E-state index is 0.441. The number of hydrogen-bond donors (Lipinski definition) is 2. The molecule has 0 aromatic carbocycles. The van der Waals surface area contributed by atoms with Gasteiger partial charge in [-0.3, -0.25) is 9.88 Å². The minimum Gasteiger partial charge on any atom is -0.475 e. The van der Waals surface area contributed by atoms with Crippen molar-refractivity contribution in [2.24, 2.45) is 5.41 Å². The van der Waals surface area contributed by atoms with E-state index in [0.29, 0.717) is 5.41 Å². The first kappa shape index (κ1) is 28.7. The lowest BCUT2D eigenvalue weighted by Gasteiger charge is -2.48. The third kappa shape index (κ3) is 8.62. The van der Waals surface area contributed by atoms with E-state index in [1.807, 2.05) is 37.8 Å². The maximum Gasteiger partial charge on any atom is 0.490 e. The molecule has 2 N–H and O–H groups in total. The zero-order chi connectivity index (χ0) is 27.1. The number of hydrogen-bond acceptors (Lipinski definition) is 7. The number of rotatable bonds is 3. The average Bonchev–Trinajstić information content (AvgIpc) is 3.18. The fraction of sp³-hybridized carbons (Fsp3) is 0.476. The molecule has 0 amide bonds. The maximum absolute atomic E-state index is 10.6. The van der Waals surface area contributed by atoms with Gasteiger partial charge in [0.1, 0.15) is 0 Å². The Balaban J connectivity index is 0.000000271. The number of carbonyl (C=O) groups is 2. The van der Waals surface area contributed by atoms with Crippen molar-refractivity contribution in [2.75, 3.05) is 31.1 Å². The zero-order valence-electron chi connectivity index (χ0n) is 18.9. The minimum atomic E-state index is -5.08. The van der Waals surface area contributed by atoms with E-state index in [-0.39, 0.29) is 0 Å². The van der Waals surface area contributed by atoms with Crippen LogP contribution in [0.5, 0.6) is 0 Å². The van der Waals surface area contributed by atoms with Crippen molar-refractivity contribution in [1.29, 1.82) is 0 Å². The molecular formula is C21H23F6N5O4. The average molecular weight is 523 g/mol. The van der Waals surface area contributed by atoms with Crippen LogP contribution in [0.25, 0.3) is 0 Å². The molecule has 2 aromatic heterocycles. The third-order valence-electron chi connectivity index (χ3n) is 5.23. The Kier molecular flexibility index (Phi) is 9.18. The summed E-state index contributed by atoms with van der Waals surface area (Å²) >= 11 is 0. The van der Waals surface area contributed by atoms with E-state index < -0.39 is 24.3 Å². The molecule has 0 radical (unpaired) electrons. The van der Waals surface area contributed by atoms with E-state index in [2.05, 4.69) is 30.8 Å². The van der Waals surface area contributed by atoms with Crippen molar-refractivity contribution in [3.8, 4) is 0 Å². The van der Waals surface area contributed by atoms with Gasteiger partial charge in [-0.2, -0.15) is 26.3 Å². The maximum atomic E-state index is 10.6. The van der Waals surface area contributed by atoms with Crippen LogP contribution in [0.3, 0.4) is 0 Å². The number of aryl methyl sites for hydroxylation is 1. The summed E-state index contributed by atoms with van der Waals surface area (Å²) in [5.74, 6) is -4.64. The Bertz CT molecular complexity index is 988. The van der Waals surface area contributed by atoms with E-state index in [0.717, 1.165) is 31.1 Å². The van der Waals surface area contributed by atoms with Crippen LogP contribution < -0.4 is 4.90 Å². The molecule has 1 spiro atoms. The molecule has 9 nitrogen and oxygen atoms in total. The number of nitrogens with zero attached hydrogens (tertiary/aromatic N) is 5. The van der Waals surface area contributed by atoms with Gasteiger partial charge in [0.25, 0.3) is 0 Å². The van der Waals surface area contributed by atoms with Crippen molar-refractivity contribution in [3.63, 3.8) is 0 Å². The molecule has 2 saturated heterocycles. The highest BCUT2D eigenvalue weighted by Crippen LogP contribution is 2.41. The van der Waals surface area contributed by atoms with Crippen molar-refractivity contribution >= 4 is 17.9 Å². The lowest BCUT2D eigenvalue weighted by molar-refractivity contribution is -0.193. The Morgan fingerprint density at radius 2 is 1.50 bits per heavy atom. The van der Waals surface area contributed by atoms with Gasteiger partial charge < -0.3 is 15.1 Å². The third-order valence-corrected chi connectivity index (χ3v) is 5.23. The van der Waals surface area contributed by atoms with E-state index in [9.17, 15) is 26.3 Å². The van der Waals surface area contributed by atoms with Gasteiger partial charge in [-0.25, -0.2) is 19.6 Å². The first-order valence-electron chi connectivity index (χ1n) is 10.4. The lowest BCUT2D eigenvalue weighted by atomic mass is 9.79. The molecule has 0 bridgehead atoms. The van der Waals surface area contributed by atoms with Crippen LogP contribution in [0.2, 0.25) is 0 Å². The molecule has 0 aliphatic carbocycles. The summed E-state index contributed by atoms with van der Waals surface area (Å²) in [6.45, 7) is 7.55. The second-order valence-electron chi connectivity index (χ2n) is 8.34. The van der Waals surface area contributed by atoms with Gasteiger partial charge in [-0.15, -0.1) is 0 Å². The van der Waals surface area contributed by atoms with Gasteiger partial charge in [-0.1, -0.05) is 6.07 Å². The first-order valence-corrected chi connectivity index (χ1v) is 10.4. The number of aromatic nitrogens is 3. The summed E-state index contributed by atoms with van der Waals surface area (Å²) in [5.41, 5.74) is 2.86. The number of carboxylic acids is 2. The van der Waals surface area contributed by atoms with E-state index in [4.69, 9.17) is 19.8 Å². The summed E-state index contributed by atoms with van der Waals surface area (Å²) < 4.78 is 63.5. The predicted molar refractivity (Wildman–Crippen MR) is 113 cm³/mol. The van der Waals surface area contributed by atoms with Crippen molar-refractivity contribution < 1.29 is 46.1 Å². The van der Waals surface area contributed by atoms with Crippen LogP contribution in [0.4, 0.5) is 32.3 Å². The fourth-order valence-electron chi connectivity index (χ4n) is 3.62. The van der Waals surface area contributed by atoms with Crippen LogP contribution in [0.1, 0.15) is 17.5 Å². The summed E-state index contributed by atoms with van der Waals surface area (Å²) in [5, 5.41) is 14.2. The smallest absolute Gasteiger partial charge is 0.475 e. The van der Waals surface area contributed by atoms with Crippen LogP contribution >= 0.6 is 0 Å². The van der Waals surface area contributed by atoms with Gasteiger partial charge in [0.2, 0.25) is 5.95 Å². The molecule has 198 valence electrons. The predicted octanol–water partition coefficient (Wildman–Crippen LogP) is 3.16. The van der Waals surface area contributed by atoms with Gasteiger partial charge in [0, 0.05) is 56.4 Å². The fourth-order valence-corrected chi connectivity index (χ4v) is 3.62. The van der Waals surface area contributed by atoms with Gasteiger partial charge in [-0.05, 0) is 37.1 Å². The van der Waals surface area contributed by atoms with E-state index >= 15 is 0 Å². The summed E-state index contributed by atoms with van der Waals surface area (Å²) in [6.07, 6.45) is -1.29. The molecule has 36 heavy (non-hydrogen) atoms. The van der Waals surface area contributed by atoms with E-state index in [1.165, 1.54) is 25.1 Å². The molecule has 2 aromatic rings. The van der Waals surface area contributed by atoms with E-state index in [1.54, 1.807) is 0 Å². The SMILES string of the molecule is Cc1cnc(N2CC3(CCN(Cc4cccnc4)C3)C2)nc1.O=C(O)C(F)(F)F.O=C(O)C(F)(F)F. The highest BCUT2D eigenvalue weighted by atomic mass is 19.4. The number of likely N-dealkylation sites (tertiary alicyclic amines) is 1. The normalized spacial score (nSPS) is 16.8. The molecule has 4 rings (SSSR count). The van der Waals surface area contributed by atoms with Crippen molar-refractivity contribution in [2.45, 2.75) is 32.2 Å². The molecule has 2 fully saturated rings. The summed E-state index contributed by atoms with van der Waals surface area (Å²) in [7, 11) is 0. The second-order valence-corrected chi connectivity index (χ2v) is 8.34. The quantitative estimate of drug-likeness (QED) is 0.585. The Labute approximate surface area is 201 Å². The lowest BCUT2D eigenvalue weighted by Crippen LogP contribution is -2.58. The first-order chi connectivity index (χ1) is 16.6. The number of alkyl halides is 6. The monoisotopic (exact) mass is 523 g/mol.